The van der Waals surface area contributed by atoms with Gasteiger partial charge in [-0.15, -0.1) is 0 Å². The summed E-state index contributed by atoms with van der Waals surface area (Å²) in [4.78, 5) is 37.7. The maximum atomic E-state index is 15.0. The molecule has 3 aromatic rings. The second kappa shape index (κ2) is 13.5. The molecule has 4 aliphatic rings. The number of rotatable bonds is 8. The smallest absolute Gasteiger partial charge is 0.318 e. The minimum Gasteiger partial charge on any atom is -0.495 e. The largest absolute Gasteiger partial charge is 0.495 e. The standard InChI is InChI=1S/C36H40N6O7S/c1-47-31-7-3-4-8-32(31)50(45,46)42-30-10-9-24(21-37)20-29(30)36(34(42)43,28-6-5-15-38-33(28)48-2)39-35(44)41-18-13-26(14-19-41)25-11-16-40(17-12-25)27-22-49-23-27/h3-10,15,20,25-27H,11-14,16-19,22-23H2,1-2H3,(H,39,44)/t36-/m1/s1. The summed E-state index contributed by atoms with van der Waals surface area (Å²) in [5, 5.41) is 12.9. The van der Waals surface area contributed by atoms with Crippen LogP contribution in [0.25, 0.3) is 0 Å². The number of pyridine rings is 1. The number of likely N-dealkylation sites (tertiary alicyclic amines) is 2. The Balaban J connectivity index is 1.23. The molecule has 0 spiro atoms. The Hall–Kier alpha value is -4.71. The minimum atomic E-state index is -4.61. The van der Waals surface area contributed by atoms with Crippen molar-refractivity contribution in [3.63, 3.8) is 0 Å². The maximum Gasteiger partial charge on any atom is 0.318 e. The highest BCUT2D eigenvalue weighted by Gasteiger charge is 2.59. The lowest BCUT2D eigenvalue weighted by Crippen LogP contribution is -2.58. The third kappa shape index (κ3) is 5.63. The number of piperidine rings is 2. The number of hydrogen-bond acceptors (Lipinski definition) is 10. The summed E-state index contributed by atoms with van der Waals surface area (Å²) in [6.45, 7) is 4.73. The fraction of sp³-hybridized carbons (Fsp3) is 0.444. The number of carbonyl (C=O) groups is 2. The first-order chi connectivity index (χ1) is 24.2. The summed E-state index contributed by atoms with van der Waals surface area (Å²) < 4.78 is 45.9. The predicted octanol–water partition coefficient (Wildman–Crippen LogP) is 3.48. The van der Waals surface area contributed by atoms with Crippen LogP contribution in [0.1, 0.15) is 42.4 Å². The molecule has 262 valence electrons. The molecule has 0 bridgehead atoms. The number of hydrogen-bond donors (Lipinski definition) is 1. The monoisotopic (exact) mass is 700 g/mol. The molecule has 0 saturated carbocycles. The van der Waals surface area contributed by atoms with Gasteiger partial charge in [0.2, 0.25) is 5.88 Å². The van der Waals surface area contributed by atoms with Gasteiger partial charge in [-0.05, 0) is 93.1 Å². The number of carbonyl (C=O) groups excluding carboxylic acids is 2. The van der Waals surface area contributed by atoms with Crippen LogP contribution in [0.15, 0.2) is 65.7 Å². The number of methoxy groups -OCH3 is 2. The SMILES string of the molecule is COc1ccccc1S(=O)(=O)N1C(=O)[C@@](NC(=O)N2CCC(C3CCN(C4COC4)CC3)CC2)(c2cccnc2OC)c2cc(C#N)ccc21. The number of nitrogens with one attached hydrogen (secondary N) is 1. The van der Waals surface area contributed by atoms with E-state index in [1.807, 2.05) is 0 Å². The van der Waals surface area contributed by atoms with Crippen molar-refractivity contribution in [1.29, 1.82) is 5.26 Å². The van der Waals surface area contributed by atoms with Crippen LogP contribution in [0.3, 0.4) is 0 Å². The molecule has 5 heterocycles. The number of fused-ring (bicyclic) bond motifs is 1. The van der Waals surface area contributed by atoms with Crippen molar-refractivity contribution in [2.24, 2.45) is 11.8 Å². The number of benzene rings is 2. The van der Waals surface area contributed by atoms with Crippen LogP contribution in [-0.4, -0.2) is 94.8 Å². The molecule has 0 unspecified atom stereocenters. The zero-order valence-corrected chi connectivity index (χ0v) is 28.9. The zero-order chi connectivity index (χ0) is 35.0. The topological polar surface area (TPSA) is 154 Å². The van der Waals surface area contributed by atoms with Gasteiger partial charge in [0.25, 0.3) is 15.9 Å². The van der Waals surface area contributed by atoms with Crippen LogP contribution in [-0.2, 0) is 25.1 Å². The van der Waals surface area contributed by atoms with E-state index in [1.54, 1.807) is 23.1 Å². The van der Waals surface area contributed by atoms with Gasteiger partial charge in [-0.3, -0.25) is 9.69 Å². The van der Waals surface area contributed by atoms with E-state index in [9.17, 15) is 18.5 Å². The van der Waals surface area contributed by atoms with Crippen molar-refractivity contribution >= 4 is 27.6 Å². The highest BCUT2D eigenvalue weighted by Crippen LogP contribution is 2.50. The van der Waals surface area contributed by atoms with Gasteiger partial charge >= 0.3 is 6.03 Å². The lowest BCUT2D eigenvalue weighted by Gasteiger charge is -2.44. The molecule has 1 aromatic heterocycles. The van der Waals surface area contributed by atoms with Gasteiger partial charge < -0.3 is 24.4 Å². The maximum absolute atomic E-state index is 15.0. The van der Waals surface area contributed by atoms with Gasteiger partial charge in [0, 0.05) is 24.8 Å². The van der Waals surface area contributed by atoms with E-state index in [0.717, 1.165) is 52.0 Å². The molecular formula is C36H40N6O7S. The van der Waals surface area contributed by atoms with Crippen LogP contribution in [0.4, 0.5) is 10.5 Å². The van der Waals surface area contributed by atoms with E-state index in [4.69, 9.17) is 14.2 Å². The molecule has 1 N–H and O–H groups in total. The summed E-state index contributed by atoms with van der Waals surface area (Å²) in [5.41, 5.74) is -1.70. The van der Waals surface area contributed by atoms with Crippen molar-refractivity contribution in [3.8, 4) is 17.7 Å². The highest BCUT2D eigenvalue weighted by atomic mass is 32.2. The van der Waals surface area contributed by atoms with Gasteiger partial charge in [-0.1, -0.05) is 12.1 Å². The Bertz CT molecular complexity index is 1930. The number of amides is 3. The Morgan fingerprint density at radius 3 is 2.30 bits per heavy atom. The number of anilines is 1. The van der Waals surface area contributed by atoms with Crippen LogP contribution in [0, 0.1) is 23.2 Å². The van der Waals surface area contributed by atoms with E-state index in [2.05, 4.69) is 21.3 Å². The Labute approximate surface area is 291 Å². The van der Waals surface area contributed by atoms with Crippen LogP contribution >= 0.6 is 0 Å². The minimum absolute atomic E-state index is 0.00961. The zero-order valence-electron chi connectivity index (χ0n) is 28.1. The molecule has 50 heavy (non-hydrogen) atoms. The molecule has 7 rings (SSSR count). The molecule has 13 nitrogen and oxygen atoms in total. The molecule has 14 heteroatoms. The second-order valence-electron chi connectivity index (χ2n) is 13.2. The molecule has 0 aliphatic carbocycles. The van der Waals surface area contributed by atoms with Gasteiger partial charge in [0.1, 0.15) is 10.6 Å². The third-order valence-electron chi connectivity index (χ3n) is 10.7. The number of sulfonamides is 1. The van der Waals surface area contributed by atoms with Gasteiger partial charge in [-0.2, -0.15) is 9.57 Å². The predicted molar refractivity (Wildman–Crippen MR) is 182 cm³/mol. The number of nitrogens with zero attached hydrogens (tertiary/aromatic N) is 5. The molecule has 1 atom stereocenters. The first kappa shape index (κ1) is 33.8. The molecule has 3 saturated heterocycles. The first-order valence-electron chi connectivity index (χ1n) is 16.9. The van der Waals surface area contributed by atoms with E-state index in [0.29, 0.717) is 35.3 Å². The summed E-state index contributed by atoms with van der Waals surface area (Å²) in [5.74, 6) is 0.169. The molecule has 4 aliphatic heterocycles. The summed E-state index contributed by atoms with van der Waals surface area (Å²) in [7, 11) is -1.89. The van der Waals surface area contributed by atoms with Crippen LogP contribution < -0.4 is 19.1 Å². The van der Waals surface area contributed by atoms with Crippen LogP contribution in [0.5, 0.6) is 11.6 Å². The number of nitriles is 1. The second-order valence-corrected chi connectivity index (χ2v) is 15.0. The molecule has 0 radical (unpaired) electrons. The Kier molecular flexibility index (Phi) is 9.15. The number of aromatic nitrogens is 1. The van der Waals surface area contributed by atoms with Gasteiger partial charge in [0.05, 0.1) is 56.4 Å². The van der Waals surface area contributed by atoms with Crippen molar-refractivity contribution in [3.05, 3.63) is 77.5 Å². The number of para-hydroxylation sites is 1. The quantitative estimate of drug-likeness (QED) is 0.370. The lowest BCUT2D eigenvalue weighted by atomic mass is 9.78. The Morgan fingerprint density at radius 1 is 0.960 bits per heavy atom. The number of ether oxygens (including phenoxy) is 3. The van der Waals surface area contributed by atoms with E-state index < -0.39 is 27.5 Å². The fourth-order valence-corrected chi connectivity index (χ4v) is 9.55. The molecule has 2 aromatic carbocycles. The summed E-state index contributed by atoms with van der Waals surface area (Å²) in [6.07, 6.45) is 5.37. The summed E-state index contributed by atoms with van der Waals surface area (Å²) >= 11 is 0. The average molecular weight is 701 g/mol. The highest BCUT2D eigenvalue weighted by molar-refractivity contribution is 7.93. The lowest BCUT2D eigenvalue weighted by molar-refractivity contribution is -0.121. The van der Waals surface area contributed by atoms with Crippen LogP contribution in [0.2, 0.25) is 0 Å². The molecule has 3 fully saturated rings. The van der Waals surface area contributed by atoms with Gasteiger partial charge in [-0.25, -0.2) is 18.2 Å². The summed E-state index contributed by atoms with van der Waals surface area (Å²) in [6, 6.07) is 15.5. The van der Waals surface area contributed by atoms with Gasteiger partial charge in [0.15, 0.2) is 5.54 Å². The van der Waals surface area contributed by atoms with Crippen molar-refractivity contribution < 1.29 is 32.2 Å². The average Bonchev–Trinajstić information content (AvgIpc) is 3.38. The fourth-order valence-electron chi connectivity index (χ4n) is 7.92. The van der Waals surface area contributed by atoms with Crippen molar-refractivity contribution in [2.75, 3.05) is 57.9 Å². The van der Waals surface area contributed by atoms with Crippen molar-refractivity contribution in [2.45, 2.75) is 42.2 Å². The van der Waals surface area contributed by atoms with Crippen molar-refractivity contribution in [1.82, 2.24) is 20.1 Å². The van der Waals surface area contributed by atoms with E-state index >= 15 is 4.79 Å². The Morgan fingerprint density at radius 2 is 1.66 bits per heavy atom. The number of urea groups is 1. The normalized spacial score (nSPS) is 22.1. The van der Waals surface area contributed by atoms with E-state index in [-0.39, 0.29) is 38.9 Å². The molecular weight excluding hydrogens is 660 g/mol. The third-order valence-corrected chi connectivity index (χ3v) is 12.4. The van der Waals surface area contributed by atoms with E-state index in [1.165, 1.54) is 56.8 Å². The first-order valence-corrected chi connectivity index (χ1v) is 18.3. The molecule has 3 amide bonds.